The van der Waals surface area contributed by atoms with E-state index in [1.54, 1.807) is 0 Å². The van der Waals surface area contributed by atoms with Gasteiger partial charge in [-0.1, -0.05) is 73.8 Å². The Morgan fingerprint density at radius 3 is 2.38 bits per heavy atom. The second-order valence-corrected chi connectivity index (χ2v) is 6.70. The Morgan fingerprint density at radius 1 is 1.10 bits per heavy atom. The Kier molecular flexibility index (Phi) is 4.50. The molecule has 2 atom stereocenters. The fourth-order valence-corrected chi connectivity index (χ4v) is 3.34. The van der Waals surface area contributed by atoms with Crippen LogP contribution in [0.5, 0.6) is 0 Å². The molecule has 110 valence electrons. The Balaban J connectivity index is 1.85. The van der Waals surface area contributed by atoms with E-state index < -0.39 is 5.79 Å². The Hall–Kier alpha value is -0.680. The van der Waals surface area contributed by atoms with Crippen LogP contribution in [0.3, 0.4) is 0 Å². The van der Waals surface area contributed by atoms with Crippen molar-refractivity contribution in [3.8, 4) is 0 Å². The second-order valence-electron chi connectivity index (χ2n) is 5.22. The molecule has 2 nitrogen and oxygen atoms in total. The average Bonchev–Trinajstić information content (AvgIpc) is 2.94. The van der Waals surface area contributed by atoms with Crippen molar-refractivity contribution in [2.45, 2.75) is 18.8 Å². The number of rotatable bonds is 3. The summed E-state index contributed by atoms with van der Waals surface area (Å²) in [6.45, 7) is 2.64. The predicted octanol–water partition coefficient (Wildman–Crippen LogP) is 5.09. The summed E-state index contributed by atoms with van der Waals surface area (Å²) in [7, 11) is 0. The van der Waals surface area contributed by atoms with Crippen LogP contribution in [0.1, 0.15) is 22.8 Å². The molecule has 4 heteroatoms. The van der Waals surface area contributed by atoms with Gasteiger partial charge in [-0.2, -0.15) is 0 Å². The van der Waals surface area contributed by atoms with Crippen LogP contribution in [-0.2, 0) is 15.3 Å². The van der Waals surface area contributed by atoms with Gasteiger partial charge in [0.1, 0.15) is 6.10 Å². The molecule has 1 saturated heterocycles. The maximum atomic E-state index is 6.27. The zero-order valence-electron chi connectivity index (χ0n) is 11.7. The van der Waals surface area contributed by atoms with Crippen molar-refractivity contribution in [2.75, 3.05) is 11.9 Å². The highest BCUT2D eigenvalue weighted by atomic mass is 79.9. The van der Waals surface area contributed by atoms with E-state index in [1.807, 2.05) is 24.3 Å². The minimum Gasteiger partial charge on any atom is -0.342 e. The molecule has 0 amide bonds. The number of aryl methyl sites for hydroxylation is 1. The first-order chi connectivity index (χ1) is 10.1. The van der Waals surface area contributed by atoms with Gasteiger partial charge in [0.25, 0.3) is 0 Å². The molecule has 1 aliphatic rings. The highest BCUT2D eigenvalue weighted by Crippen LogP contribution is 2.41. The third-order valence-corrected chi connectivity index (χ3v) is 4.98. The molecule has 0 unspecified atom stereocenters. The summed E-state index contributed by atoms with van der Waals surface area (Å²) in [5.41, 5.74) is 3.43. The van der Waals surface area contributed by atoms with Gasteiger partial charge >= 0.3 is 0 Å². The Morgan fingerprint density at radius 2 is 1.76 bits per heavy atom. The minimum absolute atomic E-state index is 0.0354. The monoisotopic (exact) mass is 410 g/mol. The van der Waals surface area contributed by atoms with E-state index in [9.17, 15) is 0 Å². The summed E-state index contributed by atoms with van der Waals surface area (Å²) in [6.07, 6.45) is -0.0354. The number of benzene rings is 2. The van der Waals surface area contributed by atoms with Crippen molar-refractivity contribution in [2.24, 2.45) is 0 Å². The topological polar surface area (TPSA) is 18.5 Å². The fraction of sp³-hybridized carbons (Fsp3) is 0.294. The van der Waals surface area contributed by atoms with Gasteiger partial charge < -0.3 is 9.47 Å². The lowest BCUT2D eigenvalue weighted by molar-refractivity contribution is -0.157. The van der Waals surface area contributed by atoms with Crippen molar-refractivity contribution in [1.29, 1.82) is 0 Å². The molecule has 2 aromatic rings. The lowest BCUT2D eigenvalue weighted by Crippen LogP contribution is -2.29. The van der Waals surface area contributed by atoms with E-state index >= 15 is 0 Å². The highest BCUT2D eigenvalue weighted by Gasteiger charge is 2.42. The van der Waals surface area contributed by atoms with Crippen molar-refractivity contribution >= 4 is 31.9 Å². The molecule has 0 radical (unpaired) electrons. The molecule has 0 aliphatic carbocycles. The number of alkyl halides is 1. The van der Waals surface area contributed by atoms with Gasteiger partial charge in [0.2, 0.25) is 5.79 Å². The molecule has 1 aliphatic heterocycles. The lowest BCUT2D eigenvalue weighted by atomic mass is 10.1. The summed E-state index contributed by atoms with van der Waals surface area (Å²) < 4.78 is 13.3. The number of hydrogen-bond acceptors (Lipinski definition) is 2. The van der Waals surface area contributed by atoms with Crippen molar-refractivity contribution < 1.29 is 9.47 Å². The maximum absolute atomic E-state index is 6.27. The first-order valence-electron chi connectivity index (χ1n) is 6.83. The first-order valence-corrected chi connectivity index (χ1v) is 8.75. The van der Waals surface area contributed by atoms with Crippen LogP contribution in [0.4, 0.5) is 0 Å². The van der Waals surface area contributed by atoms with Crippen molar-refractivity contribution in [3.63, 3.8) is 0 Å². The van der Waals surface area contributed by atoms with E-state index in [4.69, 9.17) is 9.47 Å². The smallest absolute Gasteiger partial charge is 0.205 e. The molecular formula is C17H16Br2O2. The molecule has 0 N–H and O–H groups in total. The molecular weight excluding hydrogens is 396 g/mol. The highest BCUT2D eigenvalue weighted by molar-refractivity contribution is 9.10. The fourth-order valence-electron chi connectivity index (χ4n) is 2.46. The van der Waals surface area contributed by atoms with Crippen LogP contribution < -0.4 is 0 Å². The summed E-state index contributed by atoms with van der Waals surface area (Å²) in [5.74, 6) is -0.712. The number of hydrogen-bond donors (Lipinski definition) is 0. The van der Waals surface area contributed by atoms with Crippen LogP contribution in [0.25, 0.3) is 0 Å². The second kappa shape index (κ2) is 6.21. The van der Waals surface area contributed by atoms with Crippen LogP contribution >= 0.6 is 31.9 Å². The largest absolute Gasteiger partial charge is 0.342 e. The standard InChI is InChI=1S/C17H16Br2O2/c1-12-2-4-13(5-3-12)16-10-20-17(11-18,21-16)14-6-8-15(19)9-7-14/h2-9,16H,10-11H2,1H3/t16-,17-/m1/s1. The van der Waals surface area contributed by atoms with E-state index in [-0.39, 0.29) is 6.10 Å². The normalized spacial score (nSPS) is 25.2. The third-order valence-electron chi connectivity index (χ3n) is 3.71. The van der Waals surface area contributed by atoms with E-state index in [2.05, 4.69) is 63.0 Å². The molecule has 1 fully saturated rings. The SMILES string of the molecule is Cc1ccc([C@H]2CO[C@@](CBr)(c3ccc(Br)cc3)O2)cc1. The molecule has 21 heavy (non-hydrogen) atoms. The zero-order valence-corrected chi connectivity index (χ0v) is 14.9. The van der Waals surface area contributed by atoms with Gasteiger partial charge in [-0.15, -0.1) is 0 Å². The number of halogens is 2. The Labute approximate surface area is 141 Å². The van der Waals surface area contributed by atoms with Crippen LogP contribution in [0.2, 0.25) is 0 Å². The van der Waals surface area contributed by atoms with Gasteiger partial charge in [0.15, 0.2) is 0 Å². The molecule has 1 heterocycles. The summed E-state index contributed by atoms with van der Waals surface area (Å²) in [4.78, 5) is 0. The van der Waals surface area contributed by atoms with Gasteiger partial charge in [0.05, 0.1) is 11.9 Å². The van der Waals surface area contributed by atoms with E-state index in [0.717, 1.165) is 15.6 Å². The Bertz CT molecular complexity index is 610. The molecule has 0 bridgehead atoms. The lowest BCUT2D eigenvalue weighted by Gasteiger charge is -2.26. The first kappa shape index (κ1) is 15.2. The van der Waals surface area contributed by atoms with E-state index in [0.29, 0.717) is 11.9 Å². The molecule has 0 spiro atoms. The summed E-state index contributed by atoms with van der Waals surface area (Å²) in [6, 6.07) is 16.5. The van der Waals surface area contributed by atoms with E-state index in [1.165, 1.54) is 5.56 Å². The minimum atomic E-state index is -0.712. The molecule has 0 saturated carbocycles. The molecule has 3 rings (SSSR count). The zero-order chi connectivity index (χ0) is 14.9. The maximum Gasteiger partial charge on any atom is 0.205 e. The summed E-state index contributed by atoms with van der Waals surface area (Å²) >= 11 is 6.99. The van der Waals surface area contributed by atoms with Crippen LogP contribution in [0, 0.1) is 6.92 Å². The third kappa shape index (κ3) is 3.09. The predicted molar refractivity (Wildman–Crippen MR) is 90.6 cm³/mol. The average molecular weight is 412 g/mol. The van der Waals surface area contributed by atoms with Crippen molar-refractivity contribution in [3.05, 3.63) is 69.7 Å². The van der Waals surface area contributed by atoms with Crippen molar-refractivity contribution in [1.82, 2.24) is 0 Å². The summed E-state index contributed by atoms with van der Waals surface area (Å²) in [5, 5.41) is 0.601. The number of ether oxygens (including phenoxy) is 2. The molecule has 0 aromatic heterocycles. The van der Waals surface area contributed by atoms with Crippen LogP contribution in [-0.4, -0.2) is 11.9 Å². The molecule has 2 aromatic carbocycles. The van der Waals surface area contributed by atoms with Gasteiger partial charge in [-0.3, -0.25) is 0 Å². The van der Waals surface area contributed by atoms with Gasteiger partial charge in [-0.25, -0.2) is 0 Å². The van der Waals surface area contributed by atoms with Crippen LogP contribution in [0.15, 0.2) is 53.0 Å². The van der Waals surface area contributed by atoms with Gasteiger partial charge in [0, 0.05) is 10.0 Å². The quantitative estimate of drug-likeness (QED) is 0.654. The van der Waals surface area contributed by atoms with Gasteiger partial charge in [-0.05, 0) is 24.6 Å².